The van der Waals surface area contributed by atoms with E-state index in [1.165, 1.54) is 4.90 Å². The number of carbonyl (C=O) groups excluding carboxylic acids is 4. The average molecular weight is 518 g/mol. The third-order valence-electron chi connectivity index (χ3n) is 7.86. The van der Waals surface area contributed by atoms with E-state index in [-0.39, 0.29) is 49.9 Å². The summed E-state index contributed by atoms with van der Waals surface area (Å²) < 4.78 is 12.3. The number of nitrogens with zero attached hydrogens (tertiary/aromatic N) is 2. The smallest absolute Gasteiger partial charge is 0.313 e. The molecule has 0 aromatic carbocycles. The zero-order chi connectivity index (χ0) is 26.7. The zero-order valence-corrected chi connectivity index (χ0v) is 21.9. The number of cyclic esters (lactones) is 1. The van der Waals surface area contributed by atoms with Gasteiger partial charge in [0.15, 0.2) is 0 Å². The maximum atomic E-state index is 14.1. The van der Waals surface area contributed by atoms with Crippen LogP contribution in [0.3, 0.4) is 0 Å². The molecule has 4 aliphatic heterocycles. The summed E-state index contributed by atoms with van der Waals surface area (Å²) in [6.45, 7) is 6.36. The van der Waals surface area contributed by atoms with Crippen LogP contribution in [-0.4, -0.2) is 94.7 Å². The highest BCUT2D eigenvalue weighted by molar-refractivity contribution is 5.99. The molecule has 10 heteroatoms. The van der Waals surface area contributed by atoms with Crippen LogP contribution in [0.2, 0.25) is 0 Å². The van der Waals surface area contributed by atoms with E-state index >= 15 is 0 Å². The van der Waals surface area contributed by atoms with Gasteiger partial charge in [-0.1, -0.05) is 37.6 Å². The lowest BCUT2D eigenvalue weighted by Crippen LogP contribution is -2.56. The second-order valence-electron chi connectivity index (χ2n) is 10.5. The van der Waals surface area contributed by atoms with Crippen LogP contribution in [0.15, 0.2) is 24.3 Å². The highest BCUT2D eigenvalue weighted by Crippen LogP contribution is 2.53. The summed E-state index contributed by atoms with van der Waals surface area (Å²) >= 11 is 0. The summed E-state index contributed by atoms with van der Waals surface area (Å²) in [5.41, 5.74) is -1.33. The van der Waals surface area contributed by atoms with Gasteiger partial charge in [-0.2, -0.15) is 0 Å². The third-order valence-corrected chi connectivity index (χ3v) is 7.86. The Morgan fingerprint density at radius 3 is 2.73 bits per heavy atom. The van der Waals surface area contributed by atoms with Gasteiger partial charge < -0.3 is 29.7 Å². The van der Waals surface area contributed by atoms with Crippen molar-refractivity contribution in [2.45, 2.75) is 82.8 Å². The van der Waals surface area contributed by atoms with Crippen LogP contribution in [0.25, 0.3) is 0 Å². The predicted octanol–water partition coefficient (Wildman–Crippen LogP) is 0.935. The Morgan fingerprint density at radius 2 is 2.00 bits per heavy atom. The molecular formula is C27H39N3O7. The number of carbonyl (C=O) groups is 4. The van der Waals surface area contributed by atoms with Gasteiger partial charge in [0.1, 0.15) is 23.7 Å². The first kappa shape index (κ1) is 27.3. The Labute approximate surface area is 218 Å². The molecule has 0 bridgehead atoms. The first-order chi connectivity index (χ1) is 17.7. The number of allylic oxidation sites excluding steroid dienone is 1. The second kappa shape index (κ2) is 11.3. The largest absolute Gasteiger partial charge is 0.460 e. The lowest BCUT2D eigenvalue weighted by Gasteiger charge is -2.37. The molecule has 1 unspecified atom stereocenters. The number of nitrogens with one attached hydrogen (secondary N) is 1. The highest BCUT2D eigenvalue weighted by Gasteiger charge is 2.71. The van der Waals surface area contributed by atoms with E-state index in [2.05, 4.69) is 12.2 Å². The molecule has 2 saturated heterocycles. The minimum absolute atomic E-state index is 0.0310. The van der Waals surface area contributed by atoms with Crippen molar-refractivity contribution >= 4 is 23.7 Å². The van der Waals surface area contributed by atoms with Crippen molar-refractivity contribution in [1.82, 2.24) is 15.1 Å². The Kier molecular flexibility index (Phi) is 8.38. The summed E-state index contributed by atoms with van der Waals surface area (Å²) in [6.07, 6.45) is 8.58. The number of ether oxygens (including phenoxy) is 2. The number of hydrogen-bond donors (Lipinski definition) is 2. The van der Waals surface area contributed by atoms with Crippen molar-refractivity contribution in [3.63, 3.8) is 0 Å². The molecular weight excluding hydrogens is 478 g/mol. The van der Waals surface area contributed by atoms with Crippen LogP contribution in [0, 0.1) is 11.8 Å². The minimum Gasteiger partial charge on any atom is -0.460 e. The number of hydrogen-bond acceptors (Lipinski definition) is 7. The van der Waals surface area contributed by atoms with Gasteiger partial charge in [-0.05, 0) is 33.1 Å². The molecule has 4 aliphatic rings. The van der Waals surface area contributed by atoms with Gasteiger partial charge in [-0.3, -0.25) is 19.2 Å². The maximum Gasteiger partial charge on any atom is 0.313 e. The molecule has 0 aromatic heterocycles. The molecule has 2 N–H and O–H groups in total. The van der Waals surface area contributed by atoms with Gasteiger partial charge >= 0.3 is 5.97 Å². The second-order valence-corrected chi connectivity index (χ2v) is 10.5. The summed E-state index contributed by atoms with van der Waals surface area (Å²) in [5.74, 6) is -3.16. The SMILES string of the molecule is CCCC(C)N1CC=C[C@@]23O[C@H]4/C=C\CCC(=O)NC[C@H](C)OC(=O)[C@H]4[C@@H]2C(=O)N(CCCO)[C@H]3C1=O. The van der Waals surface area contributed by atoms with E-state index in [0.29, 0.717) is 19.4 Å². The summed E-state index contributed by atoms with van der Waals surface area (Å²) in [5, 5.41) is 12.3. The van der Waals surface area contributed by atoms with Gasteiger partial charge in [-0.15, -0.1) is 0 Å². The molecule has 204 valence electrons. The first-order valence-corrected chi connectivity index (χ1v) is 13.5. The lowest BCUT2D eigenvalue weighted by atomic mass is 9.78. The molecule has 2 fully saturated rings. The lowest BCUT2D eigenvalue weighted by molar-refractivity contribution is -0.159. The Hall–Kier alpha value is -2.72. The van der Waals surface area contributed by atoms with Crippen molar-refractivity contribution in [2.24, 2.45) is 11.8 Å². The number of aliphatic hydroxyl groups is 1. The zero-order valence-electron chi connectivity index (χ0n) is 21.9. The summed E-state index contributed by atoms with van der Waals surface area (Å²) in [4.78, 5) is 56.9. The molecule has 1 spiro atoms. The third kappa shape index (κ3) is 5.05. The Balaban J connectivity index is 1.77. The average Bonchev–Trinajstić information content (AvgIpc) is 3.23. The predicted molar refractivity (Wildman–Crippen MR) is 134 cm³/mol. The van der Waals surface area contributed by atoms with E-state index in [9.17, 15) is 24.3 Å². The van der Waals surface area contributed by atoms with Gasteiger partial charge in [0.05, 0.1) is 18.6 Å². The van der Waals surface area contributed by atoms with E-state index in [1.807, 2.05) is 13.0 Å². The normalized spacial score (nSPS) is 35.9. The molecule has 3 amide bonds. The standard InChI is InChI=1S/C27H39N3O7/c1-4-9-17(2)29-13-7-12-27-22(24(33)30(14-8-15-31)23(27)25(29)34)21-19(37-27)10-5-6-11-20(32)28-16-18(3)36-26(21)35/h5,7,10,12,17-19,21-23,31H,4,6,8-9,11,13-16H2,1-3H3,(H,28,32)/b10-5-/t17?,18-,19-,21+,22+,23-,27+/m0/s1. The van der Waals surface area contributed by atoms with Gasteiger partial charge in [0, 0.05) is 32.2 Å². The van der Waals surface area contributed by atoms with Crippen LogP contribution in [0.1, 0.15) is 52.9 Å². The quantitative estimate of drug-likeness (QED) is 0.397. The van der Waals surface area contributed by atoms with E-state index in [1.54, 1.807) is 30.1 Å². The summed E-state index contributed by atoms with van der Waals surface area (Å²) in [7, 11) is 0. The molecule has 0 radical (unpaired) electrons. The van der Waals surface area contributed by atoms with Crippen LogP contribution in [0.4, 0.5) is 0 Å². The number of fused-ring (bicyclic) bond motifs is 2. The monoisotopic (exact) mass is 517 g/mol. The van der Waals surface area contributed by atoms with Crippen LogP contribution < -0.4 is 5.32 Å². The number of rotatable bonds is 6. The summed E-state index contributed by atoms with van der Waals surface area (Å²) in [6, 6.07) is -0.976. The molecule has 7 atom stereocenters. The number of amides is 3. The van der Waals surface area contributed by atoms with Crippen LogP contribution >= 0.6 is 0 Å². The molecule has 0 saturated carbocycles. The van der Waals surface area contributed by atoms with Gasteiger partial charge in [-0.25, -0.2) is 0 Å². The maximum absolute atomic E-state index is 14.1. The van der Waals surface area contributed by atoms with Crippen molar-refractivity contribution in [2.75, 3.05) is 26.2 Å². The van der Waals surface area contributed by atoms with Crippen molar-refractivity contribution < 1.29 is 33.8 Å². The molecule has 37 heavy (non-hydrogen) atoms. The number of aliphatic hydroxyl groups excluding tert-OH is 1. The van der Waals surface area contributed by atoms with Gasteiger partial charge in [0.2, 0.25) is 17.7 Å². The van der Waals surface area contributed by atoms with E-state index in [0.717, 1.165) is 12.8 Å². The van der Waals surface area contributed by atoms with Crippen molar-refractivity contribution in [3.05, 3.63) is 24.3 Å². The Morgan fingerprint density at radius 1 is 1.22 bits per heavy atom. The Bertz CT molecular complexity index is 966. The molecule has 10 nitrogen and oxygen atoms in total. The topological polar surface area (TPSA) is 125 Å². The van der Waals surface area contributed by atoms with E-state index < -0.39 is 41.7 Å². The highest BCUT2D eigenvalue weighted by atomic mass is 16.6. The van der Waals surface area contributed by atoms with Gasteiger partial charge in [0.25, 0.3) is 0 Å². The number of likely N-dealkylation sites (tertiary alicyclic amines) is 1. The fourth-order valence-corrected chi connectivity index (χ4v) is 6.13. The fraction of sp³-hybridized carbons (Fsp3) is 0.704. The van der Waals surface area contributed by atoms with Crippen molar-refractivity contribution in [3.8, 4) is 0 Å². The molecule has 4 heterocycles. The van der Waals surface area contributed by atoms with Crippen LogP contribution in [0.5, 0.6) is 0 Å². The first-order valence-electron chi connectivity index (χ1n) is 13.5. The van der Waals surface area contributed by atoms with E-state index in [4.69, 9.17) is 9.47 Å². The number of esters is 1. The fourth-order valence-electron chi connectivity index (χ4n) is 6.13. The molecule has 4 rings (SSSR count). The molecule has 0 aliphatic carbocycles. The van der Waals surface area contributed by atoms with Crippen LogP contribution in [-0.2, 0) is 28.7 Å². The molecule has 0 aromatic rings. The van der Waals surface area contributed by atoms with Crippen molar-refractivity contribution in [1.29, 1.82) is 0 Å². The minimum atomic E-state index is -1.33.